The van der Waals surface area contributed by atoms with Crippen molar-refractivity contribution in [3.05, 3.63) is 30.1 Å². The Morgan fingerprint density at radius 2 is 1.84 bits per heavy atom. The van der Waals surface area contributed by atoms with Crippen LogP contribution in [0.1, 0.15) is 38.5 Å². The van der Waals surface area contributed by atoms with Gasteiger partial charge in [0.25, 0.3) is 0 Å². The summed E-state index contributed by atoms with van der Waals surface area (Å²) in [5, 5.41) is 2.79. The highest BCUT2D eigenvalue weighted by atomic mass is 19.1. The molecule has 4 saturated heterocycles. The minimum absolute atomic E-state index is 0.0688. The highest BCUT2D eigenvalue weighted by molar-refractivity contribution is 5.92. The molecule has 4 aliphatic rings. The van der Waals surface area contributed by atoms with Crippen LogP contribution in [0.2, 0.25) is 0 Å². The minimum Gasteiger partial charge on any atom is -0.339 e. The van der Waals surface area contributed by atoms with Crippen LogP contribution in [0.5, 0.6) is 0 Å². The van der Waals surface area contributed by atoms with E-state index in [1.165, 1.54) is 12.1 Å². The third-order valence-electron chi connectivity index (χ3n) is 7.68. The molecule has 8 heteroatoms. The van der Waals surface area contributed by atoms with Gasteiger partial charge in [0.1, 0.15) is 5.82 Å². The van der Waals surface area contributed by atoms with E-state index >= 15 is 0 Å². The van der Waals surface area contributed by atoms with Crippen molar-refractivity contribution < 1.29 is 18.8 Å². The molecule has 1 aromatic rings. The number of piperidine rings is 4. The van der Waals surface area contributed by atoms with Gasteiger partial charge in [-0.15, -0.1) is 0 Å². The van der Waals surface area contributed by atoms with Gasteiger partial charge in [-0.3, -0.25) is 9.59 Å². The number of rotatable bonds is 2. The first-order valence-electron chi connectivity index (χ1n) is 11.9. The Balaban J connectivity index is 1.15. The number of likely N-dealkylation sites (tertiary alicyclic amines) is 2. The minimum atomic E-state index is -0.379. The molecule has 1 aromatic carbocycles. The lowest BCUT2D eigenvalue weighted by molar-refractivity contribution is -0.144. The number of nitrogens with one attached hydrogen (secondary N) is 1. The zero-order valence-corrected chi connectivity index (χ0v) is 18.3. The molecular weight excluding hydrogens is 411 g/mol. The normalized spacial score (nSPS) is 28.3. The Labute approximate surface area is 187 Å². The lowest BCUT2D eigenvalue weighted by Gasteiger charge is -2.53. The zero-order valence-electron chi connectivity index (χ0n) is 18.3. The van der Waals surface area contributed by atoms with Crippen molar-refractivity contribution in [3.63, 3.8) is 0 Å². The SMILES string of the molecule is O=C(Nc1cccc(F)c1)C1CCN(C(=O)N2CC3CC(C2)[C@H]2CCCC(=O)N2C3)CC1. The third kappa shape index (κ3) is 4.19. The summed E-state index contributed by atoms with van der Waals surface area (Å²) >= 11 is 0. The van der Waals surface area contributed by atoms with Crippen LogP contribution < -0.4 is 5.32 Å². The van der Waals surface area contributed by atoms with Crippen LogP contribution in [0.15, 0.2) is 24.3 Å². The summed E-state index contributed by atoms with van der Waals surface area (Å²) < 4.78 is 13.4. The number of amides is 4. The smallest absolute Gasteiger partial charge is 0.320 e. The molecule has 32 heavy (non-hydrogen) atoms. The molecule has 1 N–H and O–H groups in total. The molecule has 0 spiro atoms. The van der Waals surface area contributed by atoms with Crippen molar-refractivity contribution >= 4 is 23.5 Å². The number of anilines is 1. The maximum absolute atomic E-state index is 13.4. The van der Waals surface area contributed by atoms with Crippen LogP contribution in [-0.2, 0) is 9.59 Å². The van der Waals surface area contributed by atoms with Crippen LogP contribution in [0.25, 0.3) is 0 Å². The van der Waals surface area contributed by atoms with E-state index in [-0.39, 0.29) is 29.6 Å². The van der Waals surface area contributed by atoms with Crippen molar-refractivity contribution in [1.29, 1.82) is 0 Å². The van der Waals surface area contributed by atoms with Crippen LogP contribution in [-0.4, -0.2) is 71.3 Å². The van der Waals surface area contributed by atoms with Crippen LogP contribution in [0.4, 0.5) is 14.9 Å². The average molecular weight is 443 g/mol. The first-order chi connectivity index (χ1) is 15.5. The summed E-state index contributed by atoms with van der Waals surface area (Å²) in [6.45, 7) is 3.33. The molecule has 4 heterocycles. The standard InChI is InChI=1S/C24H31FN4O3/c25-19-3-1-4-20(12-19)26-23(31)17-7-9-27(10-8-17)24(32)28-13-16-11-18(15-28)21-5-2-6-22(30)29(21)14-16/h1,3-4,12,16-18,21H,2,5-11,13-15H2,(H,26,31)/t16?,18?,21-/m1/s1. The molecule has 5 rings (SSSR count). The third-order valence-corrected chi connectivity index (χ3v) is 7.68. The number of carbonyl (C=O) groups is 3. The van der Waals surface area contributed by atoms with Gasteiger partial charge in [-0.1, -0.05) is 6.07 Å². The molecule has 4 amide bonds. The molecule has 172 valence electrons. The monoisotopic (exact) mass is 442 g/mol. The Hall–Kier alpha value is -2.64. The van der Waals surface area contributed by atoms with E-state index in [4.69, 9.17) is 0 Å². The lowest BCUT2D eigenvalue weighted by Crippen LogP contribution is -2.62. The number of hydrogen-bond donors (Lipinski definition) is 1. The van der Waals surface area contributed by atoms with Crippen LogP contribution >= 0.6 is 0 Å². The second-order valence-corrected chi connectivity index (χ2v) is 9.82. The summed E-state index contributed by atoms with van der Waals surface area (Å²) in [6, 6.07) is 6.26. The zero-order chi connectivity index (χ0) is 22.2. The fourth-order valence-electron chi connectivity index (χ4n) is 6.11. The van der Waals surface area contributed by atoms with Gasteiger partial charge in [0.15, 0.2) is 0 Å². The molecule has 2 bridgehead atoms. The fourth-order valence-corrected chi connectivity index (χ4v) is 6.11. The first-order valence-corrected chi connectivity index (χ1v) is 11.9. The van der Waals surface area contributed by atoms with Crippen LogP contribution in [0.3, 0.4) is 0 Å². The summed E-state index contributed by atoms with van der Waals surface area (Å²) in [4.78, 5) is 44.1. The number of fused-ring (bicyclic) bond motifs is 4. The molecule has 3 atom stereocenters. The molecule has 0 aliphatic carbocycles. The van der Waals surface area contributed by atoms with E-state index in [1.54, 1.807) is 12.1 Å². The number of urea groups is 1. The number of carbonyl (C=O) groups excluding carboxylic acids is 3. The Bertz CT molecular complexity index is 901. The molecule has 2 unspecified atom stereocenters. The molecule has 0 saturated carbocycles. The Kier molecular flexibility index (Phi) is 5.78. The molecular formula is C24H31FN4O3. The van der Waals surface area contributed by atoms with E-state index in [9.17, 15) is 18.8 Å². The Morgan fingerprint density at radius 3 is 2.62 bits per heavy atom. The highest BCUT2D eigenvalue weighted by Gasteiger charge is 2.45. The van der Waals surface area contributed by atoms with Gasteiger partial charge in [-0.2, -0.15) is 0 Å². The number of benzene rings is 1. The van der Waals surface area contributed by atoms with Crippen molar-refractivity contribution in [1.82, 2.24) is 14.7 Å². The molecule has 4 aliphatic heterocycles. The van der Waals surface area contributed by atoms with Crippen molar-refractivity contribution in [2.75, 3.05) is 38.0 Å². The number of nitrogens with zero attached hydrogens (tertiary/aromatic N) is 3. The van der Waals surface area contributed by atoms with Crippen molar-refractivity contribution in [3.8, 4) is 0 Å². The number of hydrogen-bond acceptors (Lipinski definition) is 3. The second kappa shape index (κ2) is 8.71. The highest BCUT2D eigenvalue weighted by Crippen LogP contribution is 2.38. The van der Waals surface area contributed by atoms with E-state index in [1.807, 2.05) is 9.80 Å². The molecule has 7 nitrogen and oxygen atoms in total. The maximum atomic E-state index is 13.4. The predicted octanol–water partition coefficient (Wildman–Crippen LogP) is 2.93. The average Bonchev–Trinajstić information content (AvgIpc) is 2.79. The van der Waals surface area contributed by atoms with Crippen molar-refractivity contribution in [2.24, 2.45) is 17.8 Å². The molecule has 0 aromatic heterocycles. The molecule has 4 fully saturated rings. The summed E-state index contributed by atoms with van der Waals surface area (Å²) in [5.74, 6) is 0.363. The summed E-state index contributed by atoms with van der Waals surface area (Å²) in [6.07, 6.45) is 5.01. The van der Waals surface area contributed by atoms with E-state index in [2.05, 4.69) is 10.2 Å². The van der Waals surface area contributed by atoms with E-state index < -0.39 is 0 Å². The topological polar surface area (TPSA) is 73.0 Å². The quantitative estimate of drug-likeness (QED) is 0.766. The van der Waals surface area contributed by atoms with Gasteiger partial charge in [-0.25, -0.2) is 9.18 Å². The summed E-state index contributed by atoms with van der Waals surface area (Å²) in [7, 11) is 0. The van der Waals surface area contributed by atoms with E-state index in [0.717, 1.165) is 32.4 Å². The van der Waals surface area contributed by atoms with Gasteiger partial charge in [-0.05, 0) is 62.1 Å². The first kappa shape index (κ1) is 21.2. The van der Waals surface area contributed by atoms with Gasteiger partial charge in [0.05, 0.1) is 0 Å². The van der Waals surface area contributed by atoms with Crippen molar-refractivity contribution in [2.45, 2.75) is 44.6 Å². The maximum Gasteiger partial charge on any atom is 0.320 e. The Morgan fingerprint density at radius 1 is 1.03 bits per heavy atom. The van der Waals surface area contributed by atoms with Gasteiger partial charge < -0.3 is 20.0 Å². The van der Waals surface area contributed by atoms with Gasteiger partial charge in [0.2, 0.25) is 11.8 Å². The molecule has 0 radical (unpaired) electrons. The predicted molar refractivity (Wildman–Crippen MR) is 117 cm³/mol. The fraction of sp³-hybridized carbons (Fsp3) is 0.625. The lowest BCUT2D eigenvalue weighted by atomic mass is 9.76. The van der Waals surface area contributed by atoms with Crippen LogP contribution in [0, 0.1) is 23.6 Å². The van der Waals surface area contributed by atoms with Gasteiger partial charge >= 0.3 is 6.03 Å². The van der Waals surface area contributed by atoms with Gasteiger partial charge in [0, 0.05) is 56.8 Å². The number of halogens is 1. The largest absolute Gasteiger partial charge is 0.339 e. The van der Waals surface area contributed by atoms with E-state index in [0.29, 0.717) is 62.5 Å². The second-order valence-electron chi connectivity index (χ2n) is 9.82. The summed E-state index contributed by atoms with van der Waals surface area (Å²) in [5.41, 5.74) is 0.462.